The normalized spacial score (nSPS) is 18.4. The first-order valence-electron chi connectivity index (χ1n) is 6.14. The fourth-order valence-electron chi connectivity index (χ4n) is 1.92. The molecule has 3 nitrogen and oxygen atoms in total. The summed E-state index contributed by atoms with van der Waals surface area (Å²) in [6.45, 7) is 9.89. The highest BCUT2D eigenvalue weighted by Gasteiger charge is 2.36. The molecule has 3 heteroatoms. The van der Waals surface area contributed by atoms with Gasteiger partial charge in [-0.05, 0) is 18.8 Å². The maximum absolute atomic E-state index is 11.5. The molecule has 17 heavy (non-hydrogen) atoms. The molecule has 0 heterocycles. The van der Waals surface area contributed by atoms with E-state index < -0.39 is 0 Å². The second kappa shape index (κ2) is 6.58. The van der Waals surface area contributed by atoms with E-state index in [4.69, 9.17) is 4.74 Å². The number of methoxy groups -OCH3 is 1. The number of Topliss-reactive ketones (excluding diaryl/α,β-unsaturated/α-hetero) is 1. The Kier molecular flexibility index (Phi) is 6.14. The second-order valence-electron chi connectivity index (χ2n) is 5.01. The molecule has 0 bridgehead atoms. The molecule has 0 aliphatic heterocycles. The molecule has 0 aromatic heterocycles. The summed E-state index contributed by atoms with van der Waals surface area (Å²) in [4.78, 5) is 23.0. The van der Waals surface area contributed by atoms with Gasteiger partial charge in [-0.1, -0.05) is 34.1 Å². The zero-order valence-corrected chi connectivity index (χ0v) is 11.8. The molecule has 0 aromatic rings. The summed E-state index contributed by atoms with van der Waals surface area (Å²) < 4.78 is 4.70. The second-order valence-corrected chi connectivity index (χ2v) is 5.01. The maximum Gasteiger partial charge on any atom is 0.334 e. The van der Waals surface area contributed by atoms with Gasteiger partial charge in [0.2, 0.25) is 0 Å². The Morgan fingerprint density at radius 2 is 1.82 bits per heavy atom. The summed E-state index contributed by atoms with van der Waals surface area (Å²) in [5.41, 5.74) is 0.856. The molecule has 0 saturated carbocycles. The van der Waals surface area contributed by atoms with Crippen LogP contribution < -0.4 is 0 Å². The molecule has 0 radical (unpaired) electrons. The summed E-state index contributed by atoms with van der Waals surface area (Å²) in [6.07, 6.45) is 2.49. The van der Waals surface area contributed by atoms with Gasteiger partial charge in [0, 0.05) is 17.6 Å². The van der Waals surface area contributed by atoms with E-state index in [-0.39, 0.29) is 17.2 Å². The van der Waals surface area contributed by atoms with Crippen molar-refractivity contribution in [2.75, 3.05) is 7.11 Å². The number of esters is 1. The van der Waals surface area contributed by atoms with E-state index in [1.165, 1.54) is 13.5 Å². The Labute approximate surface area is 104 Å². The molecular formula is C14H24O3. The molecule has 0 N–H and O–H groups in total. The van der Waals surface area contributed by atoms with Gasteiger partial charge < -0.3 is 4.74 Å². The van der Waals surface area contributed by atoms with Crippen molar-refractivity contribution >= 4 is 11.8 Å². The lowest BCUT2D eigenvalue weighted by molar-refractivity contribution is -0.138. The SMILES string of the molecule is CCC.COC(=O)C1=C(C)C(=O)CCC1(C)C. The van der Waals surface area contributed by atoms with Gasteiger partial charge in [-0.2, -0.15) is 0 Å². The first kappa shape index (κ1) is 15.9. The molecule has 0 amide bonds. The summed E-state index contributed by atoms with van der Waals surface area (Å²) in [5, 5.41) is 0. The molecule has 0 aromatic carbocycles. The lowest BCUT2D eigenvalue weighted by atomic mass is 9.72. The summed E-state index contributed by atoms with van der Waals surface area (Å²) in [6, 6.07) is 0. The smallest absolute Gasteiger partial charge is 0.334 e. The van der Waals surface area contributed by atoms with Gasteiger partial charge in [0.05, 0.1) is 7.11 Å². The zero-order valence-electron chi connectivity index (χ0n) is 11.8. The van der Waals surface area contributed by atoms with Gasteiger partial charge in [-0.15, -0.1) is 0 Å². The summed E-state index contributed by atoms with van der Waals surface area (Å²) in [5.74, 6) is -0.315. The predicted molar refractivity (Wildman–Crippen MR) is 68.7 cm³/mol. The van der Waals surface area contributed by atoms with Crippen molar-refractivity contribution < 1.29 is 14.3 Å². The van der Waals surface area contributed by atoms with Crippen LogP contribution in [0.2, 0.25) is 0 Å². The van der Waals surface area contributed by atoms with Gasteiger partial charge >= 0.3 is 5.97 Å². The number of rotatable bonds is 1. The van der Waals surface area contributed by atoms with Crippen molar-refractivity contribution in [2.45, 2.75) is 53.9 Å². The van der Waals surface area contributed by atoms with E-state index in [1.54, 1.807) is 6.92 Å². The van der Waals surface area contributed by atoms with Gasteiger partial charge in [0.1, 0.15) is 0 Å². The van der Waals surface area contributed by atoms with Crippen molar-refractivity contribution in [2.24, 2.45) is 5.41 Å². The Bertz CT molecular complexity index is 324. The minimum Gasteiger partial charge on any atom is -0.466 e. The quantitative estimate of drug-likeness (QED) is 0.661. The molecular weight excluding hydrogens is 216 g/mol. The fourth-order valence-corrected chi connectivity index (χ4v) is 1.92. The van der Waals surface area contributed by atoms with Crippen molar-refractivity contribution in [3.63, 3.8) is 0 Å². The Balaban J connectivity index is 0.000000770. The van der Waals surface area contributed by atoms with E-state index >= 15 is 0 Å². The van der Waals surface area contributed by atoms with Crippen LogP contribution in [0.3, 0.4) is 0 Å². The molecule has 1 aliphatic carbocycles. The molecule has 0 saturated heterocycles. The van der Waals surface area contributed by atoms with E-state index in [2.05, 4.69) is 13.8 Å². The molecule has 0 fully saturated rings. The third-order valence-corrected chi connectivity index (χ3v) is 2.84. The maximum atomic E-state index is 11.5. The monoisotopic (exact) mass is 240 g/mol. The van der Waals surface area contributed by atoms with Crippen LogP contribution in [-0.4, -0.2) is 18.9 Å². The predicted octanol–water partition coefficient (Wildman–Crippen LogP) is 3.28. The third-order valence-electron chi connectivity index (χ3n) is 2.84. The van der Waals surface area contributed by atoms with E-state index in [1.807, 2.05) is 13.8 Å². The average Bonchev–Trinajstić information content (AvgIpc) is 2.25. The number of ketones is 1. The summed E-state index contributed by atoms with van der Waals surface area (Å²) in [7, 11) is 1.35. The minimum atomic E-state index is -0.374. The Morgan fingerprint density at radius 1 is 1.35 bits per heavy atom. The number of carbonyl (C=O) groups is 2. The van der Waals surface area contributed by atoms with Crippen LogP contribution >= 0.6 is 0 Å². The summed E-state index contributed by atoms with van der Waals surface area (Å²) >= 11 is 0. The average molecular weight is 240 g/mol. The largest absolute Gasteiger partial charge is 0.466 e. The lowest BCUT2D eigenvalue weighted by Crippen LogP contribution is -2.30. The number of carbonyl (C=O) groups excluding carboxylic acids is 2. The van der Waals surface area contributed by atoms with Gasteiger partial charge in [0.25, 0.3) is 0 Å². The third kappa shape index (κ3) is 3.99. The molecule has 0 unspecified atom stereocenters. The molecule has 98 valence electrons. The topological polar surface area (TPSA) is 43.4 Å². The van der Waals surface area contributed by atoms with E-state index in [0.717, 1.165) is 0 Å². The highest BCUT2D eigenvalue weighted by molar-refractivity contribution is 6.05. The molecule has 1 aliphatic rings. The van der Waals surface area contributed by atoms with Crippen LogP contribution in [-0.2, 0) is 14.3 Å². The van der Waals surface area contributed by atoms with Gasteiger partial charge in [0.15, 0.2) is 5.78 Å². The van der Waals surface area contributed by atoms with Crippen LogP contribution in [0.4, 0.5) is 0 Å². The molecule has 0 spiro atoms. The van der Waals surface area contributed by atoms with Crippen LogP contribution in [0.5, 0.6) is 0 Å². The standard InChI is InChI=1S/C11H16O3.C3H8/c1-7-8(12)5-6-11(2,3)9(7)10(13)14-4;1-3-2/h5-6H2,1-4H3;3H2,1-2H3. The highest BCUT2D eigenvalue weighted by atomic mass is 16.5. The lowest BCUT2D eigenvalue weighted by Gasteiger charge is -2.31. The Hall–Kier alpha value is -1.12. The van der Waals surface area contributed by atoms with E-state index in [9.17, 15) is 9.59 Å². The minimum absolute atomic E-state index is 0.0599. The molecule has 0 atom stereocenters. The first-order chi connectivity index (χ1) is 7.81. The van der Waals surface area contributed by atoms with Crippen LogP contribution in [0.1, 0.15) is 53.9 Å². The molecule has 1 rings (SSSR count). The van der Waals surface area contributed by atoms with Crippen molar-refractivity contribution in [1.29, 1.82) is 0 Å². The van der Waals surface area contributed by atoms with Crippen molar-refractivity contribution in [3.8, 4) is 0 Å². The van der Waals surface area contributed by atoms with Crippen molar-refractivity contribution in [3.05, 3.63) is 11.1 Å². The fraction of sp³-hybridized carbons (Fsp3) is 0.714. The first-order valence-corrected chi connectivity index (χ1v) is 6.14. The zero-order chi connectivity index (χ0) is 13.6. The van der Waals surface area contributed by atoms with Crippen LogP contribution in [0.25, 0.3) is 0 Å². The number of allylic oxidation sites excluding steroid dienone is 1. The van der Waals surface area contributed by atoms with Crippen LogP contribution in [0.15, 0.2) is 11.1 Å². The number of hydrogen-bond donors (Lipinski definition) is 0. The van der Waals surface area contributed by atoms with Gasteiger partial charge in [-0.3, -0.25) is 4.79 Å². The van der Waals surface area contributed by atoms with Crippen molar-refractivity contribution in [1.82, 2.24) is 0 Å². The van der Waals surface area contributed by atoms with Crippen LogP contribution in [0, 0.1) is 5.41 Å². The van der Waals surface area contributed by atoms with E-state index in [0.29, 0.717) is 24.0 Å². The Morgan fingerprint density at radius 3 is 2.24 bits per heavy atom. The number of ether oxygens (including phenoxy) is 1. The van der Waals surface area contributed by atoms with Gasteiger partial charge in [-0.25, -0.2) is 4.79 Å². The highest BCUT2D eigenvalue weighted by Crippen LogP contribution is 2.39. The number of hydrogen-bond acceptors (Lipinski definition) is 3.